The number of amides is 2. The number of hydrogen-bond donors (Lipinski definition) is 3. The maximum atomic E-state index is 12.5. The van der Waals surface area contributed by atoms with Gasteiger partial charge >= 0.3 is 0 Å². The molecule has 8 nitrogen and oxygen atoms in total. The molecule has 0 saturated carbocycles. The van der Waals surface area contributed by atoms with Crippen molar-refractivity contribution in [3.8, 4) is 0 Å². The molecule has 0 aliphatic rings. The maximum absolute atomic E-state index is 12.5. The summed E-state index contributed by atoms with van der Waals surface area (Å²) in [6.45, 7) is 0.111. The Kier molecular flexibility index (Phi) is 5.15. The molecule has 0 heterocycles. The van der Waals surface area contributed by atoms with E-state index in [9.17, 15) is 18.0 Å². The third kappa shape index (κ3) is 4.06. The SMILES string of the molecule is Cc1c(N)cc(Cl)cc1S(=O)(=O)N(CC(N)=O)CC(N)=O. The van der Waals surface area contributed by atoms with Gasteiger partial charge in [0.2, 0.25) is 21.8 Å². The van der Waals surface area contributed by atoms with Crippen LogP contribution < -0.4 is 17.2 Å². The van der Waals surface area contributed by atoms with Gasteiger partial charge in [0.05, 0.1) is 18.0 Å². The van der Waals surface area contributed by atoms with E-state index >= 15 is 0 Å². The number of carbonyl (C=O) groups is 2. The van der Waals surface area contributed by atoms with Gasteiger partial charge in [0, 0.05) is 10.7 Å². The molecule has 116 valence electrons. The summed E-state index contributed by atoms with van der Waals surface area (Å²) in [5.74, 6) is -1.85. The van der Waals surface area contributed by atoms with Gasteiger partial charge in [-0.1, -0.05) is 11.6 Å². The monoisotopic (exact) mass is 334 g/mol. The zero-order chi connectivity index (χ0) is 16.4. The van der Waals surface area contributed by atoms with Crippen LogP contribution in [0.15, 0.2) is 17.0 Å². The summed E-state index contributed by atoms with van der Waals surface area (Å²) in [5.41, 5.74) is 16.1. The summed E-state index contributed by atoms with van der Waals surface area (Å²) in [4.78, 5) is 21.8. The summed E-state index contributed by atoms with van der Waals surface area (Å²) < 4.78 is 25.6. The lowest BCUT2D eigenvalue weighted by Crippen LogP contribution is -2.43. The zero-order valence-corrected chi connectivity index (χ0v) is 12.7. The van der Waals surface area contributed by atoms with E-state index in [1.165, 1.54) is 19.1 Å². The van der Waals surface area contributed by atoms with Crippen LogP contribution in [0.1, 0.15) is 5.56 Å². The van der Waals surface area contributed by atoms with Gasteiger partial charge in [-0.3, -0.25) is 9.59 Å². The number of primary amides is 2. The number of nitrogens with zero attached hydrogens (tertiary/aromatic N) is 1. The molecule has 1 aromatic rings. The molecule has 0 fully saturated rings. The Bertz CT molecular complexity index is 674. The van der Waals surface area contributed by atoms with Gasteiger partial charge in [-0.2, -0.15) is 4.31 Å². The van der Waals surface area contributed by atoms with Crippen molar-refractivity contribution in [3.63, 3.8) is 0 Å². The van der Waals surface area contributed by atoms with Gasteiger partial charge in [0.15, 0.2) is 0 Å². The third-order valence-electron chi connectivity index (χ3n) is 2.65. The molecule has 0 spiro atoms. The lowest BCUT2D eigenvalue weighted by molar-refractivity contribution is -0.120. The minimum absolute atomic E-state index is 0.106. The second-order valence-corrected chi connectivity index (χ2v) is 6.67. The number of nitrogen functional groups attached to an aromatic ring is 1. The molecule has 0 bridgehead atoms. The molecule has 0 aromatic heterocycles. The van der Waals surface area contributed by atoms with Crippen molar-refractivity contribution in [2.45, 2.75) is 11.8 Å². The fourth-order valence-corrected chi connectivity index (χ4v) is 3.60. The highest BCUT2D eigenvalue weighted by Crippen LogP contribution is 2.28. The van der Waals surface area contributed by atoms with Crippen LogP contribution in [-0.2, 0) is 19.6 Å². The molecule has 0 atom stereocenters. The van der Waals surface area contributed by atoms with Crippen LogP contribution in [0.3, 0.4) is 0 Å². The molecule has 0 unspecified atom stereocenters. The summed E-state index contributed by atoms with van der Waals surface area (Å²) in [7, 11) is -4.20. The Morgan fingerprint density at radius 1 is 1.19 bits per heavy atom. The average molecular weight is 335 g/mol. The van der Waals surface area contributed by atoms with Crippen LogP contribution in [0.5, 0.6) is 0 Å². The fourth-order valence-electron chi connectivity index (χ4n) is 1.65. The van der Waals surface area contributed by atoms with E-state index in [0.717, 1.165) is 0 Å². The van der Waals surface area contributed by atoms with Gasteiger partial charge in [-0.05, 0) is 24.6 Å². The maximum Gasteiger partial charge on any atom is 0.244 e. The van der Waals surface area contributed by atoms with E-state index < -0.39 is 34.9 Å². The lowest BCUT2D eigenvalue weighted by Gasteiger charge is -2.21. The van der Waals surface area contributed by atoms with Crippen molar-refractivity contribution in [1.29, 1.82) is 0 Å². The first-order chi connectivity index (χ1) is 9.55. The van der Waals surface area contributed by atoms with E-state index in [1.54, 1.807) is 0 Å². The number of sulfonamides is 1. The number of rotatable bonds is 6. The smallest absolute Gasteiger partial charge is 0.244 e. The van der Waals surface area contributed by atoms with Crippen molar-refractivity contribution in [2.24, 2.45) is 11.5 Å². The molecule has 2 amide bonds. The normalized spacial score (nSPS) is 11.6. The van der Waals surface area contributed by atoms with E-state index in [1.807, 2.05) is 0 Å². The molecule has 10 heteroatoms. The van der Waals surface area contributed by atoms with Crippen LogP contribution >= 0.6 is 11.6 Å². The number of carbonyl (C=O) groups excluding carboxylic acids is 2. The summed E-state index contributed by atoms with van der Waals surface area (Å²) in [5, 5.41) is 0.106. The second kappa shape index (κ2) is 6.29. The minimum atomic E-state index is -4.20. The zero-order valence-electron chi connectivity index (χ0n) is 11.2. The summed E-state index contributed by atoms with van der Waals surface area (Å²) >= 11 is 5.80. The Labute approximate surface area is 126 Å². The van der Waals surface area contributed by atoms with Crippen LogP contribution in [0.4, 0.5) is 5.69 Å². The topological polar surface area (TPSA) is 150 Å². The second-order valence-electron chi connectivity index (χ2n) is 4.32. The predicted molar refractivity (Wildman–Crippen MR) is 77.7 cm³/mol. The van der Waals surface area contributed by atoms with Gasteiger partial charge in [-0.25, -0.2) is 8.42 Å². The van der Waals surface area contributed by atoms with Crippen molar-refractivity contribution >= 4 is 39.1 Å². The number of benzene rings is 1. The Balaban J connectivity index is 3.41. The minimum Gasteiger partial charge on any atom is -0.398 e. The molecule has 6 N–H and O–H groups in total. The highest BCUT2D eigenvalue weighted by Gasteiger charge is 2.29. The van der Waals surface area contributed by atoms with Crippen molar-refractivity contribution < 1.29 is 18.0 Å². The first kappa shape index (κ1) is 17.2. The molecule has 1 rings (SSSR count). The van der Waals surface area contributed by atoms with Crippen molar-refractivity contribution in [2.75, 3.05) is 18.8 Å². The van der Waals surface area contributed by atoms with Crippen molar-refractivity contribution in [1.82, 2.24) is 4.31 Å². The number of nitrogens with two attached hydrogens (primary N) is 3. The third-order valence-corrected chi connectivity index (χ3v) is 4.78. The van der Waals surface area contributed by atoms with Crippen LogP contribution in [0.2, 0.25) is 5.02 Å². The molecule has 0 radical (unpaired) electrons. The predicted octanol–water partition coefficient (Wildman–Crippen LogP) is -0.808. The Morgan fingerprint density at radius 3 is 2.10 bits per heavy atom. The standard InChI is InChI=1S/C11H15ClN4O4S/c1-6-8(13)2-7(12)3-9(6)21(19,20)16(4-10(14)17)5-11(15)18/h2-3H,4-5,13H2,1H3,(H2,14,17)(H2,15,18). The molecular weight excluding hydrogens is 320 g/mol. The van der Waals surface area contributed by atoms with E-state index in [0.29, 0.717) is 4.31 Å². The summed E-state index contributed by atoms with van der Waals surface area (Å²) in [6.07, 6.45) is 0. The molecule has 21 heavy (non-hydrogen) atoms. The molecule has 0 saturated heterocycles. The van der Waals surface area contributed by atoms with Crippen LogP contribution in [-0.4, -0.2) is 37.6 Å². The quantitative estimate of drug-likeness (QED) is 0.581. The highest BCUT2D eigenvalue weighted by atomic mass is 35.5. The largest absolute Gasteiger partial charge is 0.398 e. The van der Waals surface area contributed by atoms with E-state index in [4.69, 9.17) is 28.8 Å². The molecule has 0 aliphatic carbocycles. The van der Waals surface area contributed by atoms with Crippen LogP contribution in [0.25, 0.3) is 0 Å². The van der Waals surface area contributed by atoms with E-state index in [-0.39, 0.29) is 21.2 Å². The number of anilines is 1. The van der Waals surface area contributed by atoms with Gasteiger partial charge in [-0.15, -0.1) is 0 Å². The Morgan fingerprint density at radius 2 is 1.67 bits per heavy atom. The van der Waals surface area contributed by atoms with Gasteiger partial charge < -0.3 is 17.2 Å². The van der Waals surface area contributed by atoms with Gasteiger partial charge in [0.1, 0.15) is 0 Å². The first-order valence-electron chi connectivity index (χ1n) is 5.68. The lowest BCUT2D eigenvalue weighted by atomic mass is 10.2. The average Bonchev–Trinajstić information content (AvgIpc) is 2.31. The van der Waals surface area contributed by atoms with Crippen LogP contribution in [0, 0.1) is 6.92 Å². The molecule has 1 aromatic carbocycles. The fraction of sp³-hybridized carbons (Fsp3) is 0.273. The van der Waals surface area contributed by atoms with E-state index in [2.05, 4.69) is 0 Å². The number of halogens is 1. The Hall–Kier alpha value is -1.84. The molecular formula is C11H15ClN4O4S. The molecule has 0 aliphatic heterocycles. The first-order valence-corrected chi connectivity index (χ1v) is 7.50. The number of hydrogen-bond acceptors (Lipinski definition) is 5. The van der Waals surface area contributed by atoms with Gasteiger partial charge in [0.25, 0.3) is 0 Å². The van der Waals surface area contributed by atoms with Crippen molar-refractivity contribution in [3.05, 3.63) is 22.7 Å². The highest BCUT2D eigenvalue weighted by molar-refractivity contribution is 7.89. The summed E-state index contributed by atoms with van der Waals surface area (Å²) in [6, 6.07) is 2.57.